The Kier molecular flexibility index (Phi) is 4.55. The Balaban J connectivity index is 1.96. The van der Waals surface area contributed by atoms with Gasteiger partial charge in [0.1, 0.15) is 0 Å². The predicted molar refractivity (Wildman–Crippen MR) is 48.8 cm³/mol. The maximum atomic E-state index is 3.54. The third-order valence-corrected chi connectivity index (χ3v) is 2.33. The molecule has 1 heterocycles. The summed E-state index contributed by atoms with van der Waals surface area (Å²) < 4.78 is 0. The van der Waals surface area contributed by atoms with E-state index in [1.165, 1.54) is 38.8 Å². The Hall–Kier alpha value is -0.0800. The average molecular weight is 156 g/mol. The quantitative estimate of drug-likeness (QED) is 0.596. The number of nitrogens with one attached hydrogen (secondary N) is 2. The summed E-state index contributed by atoms with van der Waals surface area (Å²) in [6.07, 6.45) is 5.47. The van der Waals surface area contributed by atoms with Crippen LogP contribution in [0, 0.1) is 0 Å². The van der Waals surface area contributed by atoms with Crippen molar-refractivity contribution < 1.29 is 0 Å². The largest absolute Gasteiger partial charge is 0.317 e. The van der Waals surface area contributed by atoms with E-state index in [4.69, 9.17) is 0 Å². The van der Waals surface area contributed by atoms with Crippen molar-refractivity contribution in [3.63, 3.8) is 0 Å². The molecule has 2 heteroatoms. The number of hydrogen-bond acceptors (Lipinski definition) is 2. The second-order valence-electron chi connectivity index (χ2n) is 3.29. The molecule has 1 aliphatic rings. The number of piperidine rings is 1. The van der Waals surface area contributed by atoms with Crippen molar-refractivity contribution in [2.24, 2.45) is 0 Å². The molecule has 0 aromatic carbocycles. The van der Waals surface area contributed by atoms with Gasteiger partial charge in [0, 0.05) is 6.04 Å². The highest BCUT2D eigenvalue weighted by molar-refractivity contribution is 4.72. The molecule has 1 saturated heterocycles. The summed E-state index contributed by atoms with van der Waals surface area (Å²) in [5, 5.41) is 6.89. The molecule has 1 unspecified atom stereocenters. The van der Waals surface area contributed by atoms with E-state index in [0.717, 1.165) is 12.6 Å². The molecular formula is C9H20N2. The van der Waals surface area contributed by atoms with Gasteiger partial charge in [0.2, 0.25) is 0 Å². The van der Waals surface area contributed by atoms with E-state index in [0.29, 0.717) is 0 Å². The summed E-state index contributed by atoms with van der Waals surface area (Å²) in [5.41, 5.74) is 0. The lowest BCUT2D eigenvalue weighted by atomic mass is 10.0. The van der Waals surface area contributed by atoms with Crippen LogP contribution in [0.5, 0.6) is 0 Å². The first-order valence-corrected chi connectivity index (χ1v) is 4.87. The highest BCUT2D eigenvalue weighted by Crippen LogP contribution is 2.08. The minimum absolute atomic E-state index is 0.794. The van der Waals surface area contributed by atoms with Gasteiger partial charge < -0.3 is 10.6 Å². The smallest absolute Gasteiger partial charge is 0.00791 e. The Morgan fingerprint density at radius 2 is 2.36 bits per heavy atom. The molecule has 0 spiro atoms. The first-order valence-electron chi connectivity index (χ1n) is 4.87. The molecule has 1 rings (SSSR count). The Bertz CT molecular complexity index is 87.6. The summed E-state index contributed by atoms with van der Waals surface area (Å²) >= 11 is 0. The molecule has 0 aromatic rings. The summed E-state index contributed by atoms with van der Waals surface area (Å²) in [5.74, 6) is 0. The fourth-order valence-corrected chi connectivity index (χ4v) is 1.62. The van der Waals surface area contributed by atoms with Crippen LogP contribution < -0.4 is 10.6 Å². The maximum Gasteiger partial charge on any atom is 0.00791 e. The highest BCUT2D eigenvalue weighted by Gasteiger charge is 2.10. The molecule has 0 radical (unpaired) electrons. The average Bonchev–Trinajstić information content (AvgIpc) is 2.07. The van der Waals surface area contributed by atoms with Gasteiger partial charge in [-0.2, -0.15) is 0 Å². The standard InChI is InChI=1S/C9H20N2/c1-2-10-8-6-9-5-3-4-7-11-9/h9-11H,2-8H2,1H3. The topological polar surface area (TPSA) is 24.1 Å². The molecule has 0 bridgehead atoms. The second kappa shape index (κ2) is 5.56. The number of rotatable bonds is 4. The van der Waals surface area contributed by atoms with Crippen molar-refractivity contribution in [1.29, 1.82) is 0 Å². The van der Waals surface area contributed by atoms with Gasteiger partial charge in [-0.05, 0) is 38.9 Å². The Morgan fingerprint density at radius 3 is 3.00 bits per heavy atom. The molecule has 11 heavy (non-hydrogen) atoms. The van der Waals surface area contributed by atoms with Crippen molar-refractivity contribution in [2.45, 2.75) is 38.6 Å². The van der Waals surface area contributed by atoms with Crippen LogP contribution in [0.1, 0.15) is 32.6 Å². The van der Waals surface area contributed by atoms with Gasteiger partial charge in [0.05, 0.1) is 0 Å². The first kappa shape index (κ1) is 9.01. The molecule has 2 N–H and O–H groups in total. The minimum atomic E-state index is 0.794. The van der Waals surface area contributed by atoms with Gasteiger partial charge in [-0.3, -0.25) is 0 Å². The summed E-state index contributed by atoms with van der Waals surface area (Å²) in [6.45, 7) is 5.67. The zero-order valence-electron chi connectivity index (χ0n) is 7.53. The lowest BCUT2D eigenvalue weighted by molar-refractivity contribution is 0.377. The fraction of sp³-hybridized carbons (Fsp3) is 1.00. The van der Waals surface area contributed by atoms with E-state index in [2.05, 4.69) is 17.6 Å². The third kappa shape index (κ3) is 3.73. The van der Waals surface area contributed by atoms with Crippen LogP contribution in [0.2, 0.25) is 0 Å². The molecule has 0 amide bonds. The van der Waals surface area contributed by atoms with Crippen LogP contribution in [0.4, 0.5) is 0 Å². The predicted octanol–water partition coefficient (Wildman–Crippen LogP) is 1.13. The number of hydrogen-bond donors (Lipinski definition) is 2. The van der Waals surface area contributed by atoms with E-state index < -0.39 is 0 Å². The van der Waals surface area contributed by atoms with Crippen molar-refractivity contribution in [1.82, 2.24) is 10.6 Å². The summed E-state index contributed by atoms with van der Waals surface area (Å²) in [4.78, 5) is 0. The van der Waals surface area contributed by atoms with Crippen molar-refractivity contribution in [3.05, 3.63) is 0 Å². The molecule has 0 saturated carbocycles. The van der Waals surface area contributed by atoms with E-state index in [-0.39, 0.29) is 0 Å². The molecule has 66 valence electrons. The van der Waals surface area contributed by atoms with Gasteiger partial charge in [-0.1, -0.05) is 13.3 Å². The molecule has 0 aromatic heterocycles. The van der Waals surface area contributed by atoms with Crippen LogP contribution in [0.15, 0.2) is 0 Å². The van der Waals surface area contributed by atoms with Crippen LogP contribution in [0.25, 0.3) is 0 Å². The molecule has 1 atom stereocenters. The fourth-order valence-electron chi connectivity index (χ4n) is 1.62. The van der Waals surface area contributed by atoms with Crippen LogP contribution in [-0.4, -0.2) is 25.7 Å². The van der Waals surface area contributed by atoms with E-state index >= 15 is 0 Å². The highest BCUT2D eigenvalue weighted by atomic mass is 14.9. The van der Waals surface area contributed by atoms with Crippen molar-refractivity contribution >= 4 is 0 Å². The zero-order valence-corrected chi connectivity index (χ0v) is 7.53. The van der Waals surface area contributed by atoms with Gasteiger partial charge in [-0.15, -0.1) is 0 Å². The molecule has 2 nitrogen and oxygen atoms in total. The molecular weight excluding hydrogens is 136 g/mol. The van der Waals surface area contributed by atoms with Gasteiger partial charge in [0.25, 0.3) is 0 Å². The minimum Gasteiger partial charge on any atom is -0.317 e. The molecule has 1 fully saturated rings. The second-order valence-corrected chi connectivity index (χ2v) is 3.29. The Labute approximate surface area is 69.8 Å². The zero-order chi connectivity index (χ0) is 7.94. The molecule has 0 aliphatic carbocycles. The summed E-state index contributed by atoms with van der Waals surface area (Å²) in [6, 6.07) is 0.794. The SMILES string of the molecule is CCNCCC1CCCCN1. The Morgan fingerprint density at radius 1 is 1.45 bits per heavy atom. The van der Waals surface area contributed by atoms with Gasteiger partial charge in [-0.25, -0.2) is 0 Å². The van der Waals surface area contributed by atoms with E-state index in [1.54, 1.807) is 0 Å². The van der Waals surface area contributed by atoms with E-state index in [9.17, 15) is 0 Å². The van der Waals surface area contributed by atoms with Crippen LogP contribution in [-0.2, 0) is 0 Å². The third-order valence-electron chi connectivity index (χ3n) is 2.33. The van der Waals surface area contributed by atoms with Crippen LogP contribution in [0.3, 0.4) is 0 Å². The van der Waals surface area contributed by atoms with Crippen LogP contribution >= 0.6 is 0 Å². The lowest BCUT2D eigenvalue weighted by Crippen LogP contribution is -2.36. The normalized spacial score (nSPS) is 25.4. The van der Waals surface area contributed by atoms with Gasteiger partial charge >= 0.3 is 0 Å². The maximum absolute atomic E-state index is 3.54. The monoisotopic (exact) mass is 156 g/mol. The first-order chi connectivity index (χ1) is 5.43. The van der Waals surface area contributed by atoms with E-state index in [1.807, 2.05) is 0 Å². The van der Waals surface area contributed by atoms with Crippen molar-refractivity contribution in [3.8, 4) is 0 Å². The lowest BCUT2D eigenvalue weighted by Gasteiger charge is -2.23. The summed E-state index contributed by atoms with van der Waals surface area (Å²) in [7, 11) is 0. The van der Waals surface area contributed by atoms with Gasteiger partial charge in [0.15, 0.2) is 0 Å². The molecule has 1 aliphatic heterocycles. The van der Waals surface area contributed by atoms with Crippen molar-refractivity contribution in [2.75, 3.05) is 19.6 Å².